The second kappa shape index (κ2) is 8.31. The van der Waals surface area contributed by atoms with Gasteiger partial charge in [-0.2, -0.15) is 0 Å². The van der Waals surface area contributed by atoms with E-state index < -0.39 is 9.84 Å². The lowest BCUT2D eigenvalue weighted by atomic mass is 10.00. The minimum atomic E-state index is -3.57. The Kier molecular flexibility index (Phi) is 6.62. The van der Waals surface area contributed by atoms with Crippen molar-refractivity contribution < 1.29 is 13.2 Å². The molecule has 2 N–H and O–H groups in total. The van der Waals surface area contributed by atoms with Gasteiger partial charge in [0, 0.05) is 12.1 Å². The molecule has 1 aromatic heterocycles. The molecule has 1 amide bonds. The van der Waals surface area contributed by atoms with Gasteiger partial charge in [-0.15, -0.1) is 23.7 Å². The van der Waals surface area contributed by atoms with Gasteiger partial charge in [0.05, 0.1) is 9.77 Å². The molecule has 0 bridgehead atoms. The van der Waals surface area contributed by atoms with Gasteiger partial charge in [-0.3, -0.25) is 4.79 Å². The van der Waals surface area contributed by atoms with Crippen LogP contribution in [0.2, 0.25) is 0 Å². The second-order valence-electron chi connectivity index (χ2n) is 5.90. The van der Waals surface area contributed by atoms with E-state index in [-0.39, 0.29) is 39.5 Å². The lowest BCUT2D eigenvalue weighted by Gasteiger charge is -2.30. The largest absolute Gasteiger partial charge is 0.347 e. The molecule has 136 valence electrons. The van der Waals surface area contributed by atoms with E-state index in [0.29, 0.717) is 4.88 Å². The Morgan fingerprint density at radius 3 is 2.60 bits per heavy atom. The Hall–Kier alpha value is -1.41. The quantitative estimate of drug-likeness (QED) is 0.827. The Labute approximate surface area is 158 Å². The normalized spacial score (nSPS) is 20.5. The minimum absolute atomic E-state index is 0. The van der Waals surface area contributed by atoms with Gasteiger partial charge in [0.2, 0.25) is 9.84 Å². The number of hydrogen-bond donors (Lipinski definition) is 2. The summed E-state index contributed by atoms with van der Waals surface area (Å²) in [5.41, 5.74) is 0. The number of hydrogen-bond acceptors (Lipinski definition) is 5. The molecule has 0 saturated carbocycles. The number of carbonyl (C=O) groups excluding carboxylic acids is 1. The Balaban J connectivity index is 0.00000225. The van der Waals surface area contributed by atoms with Crippen LogP contribution in [0.15, 0.2) is 51.6 Å². The maximum absolute atomic E-state index is 12.6. The molecule has 1 aliphatic heterocycles. The van der Waals surface area contributed by atoms with Crippen LogP contribution in [-0.2, 0) is 9.84 Å². The van der Waals surface area contributed by atoms with Crippen molar-refractivity contribution in [3.8, 4) is 0 Å². The molecule has 1 aliphatic rings. The van der Waals surface area contributed by atoms with Gasteiger partial charge >= 0.3 is 0 Å². The highest BCUT2D eigenvalue weighted by Gasteiger charge is 2.25. The molecule has 0 radical (unpaired) electrons. The molecular formula is C17H21ClN2O3S2. The Bertz CT molecular complexity index is 821. The molecule has 2 unspecified atom stereocenters. The van der Waals surface area contributed by atoms with E-state index in [4.69, 9.17) is 0 Å². The highest BCUT2D eigenvalue weighted by Crippen LogP contribution is 2.27. The molecule has 8 heteroatoms. The van der Waals surface area contributed by atoms with Crippen LogP contribution < -0.4 is 10.6 Å². The maximum atomic E-state index is 12.6. The van der Waals surface area contributed by atoms with Crippen molar-refractivity contribution in [2.45, 2.75) is 41.0 Å². The fourth-order valence-electron chi connectivity index (χ4n) is 2.78. The average Bonchev–Trinajstić information content (AvgIpc) is 3.09. The molecule has 1 saturated heterocycles. The first-order chi connectivity index (χ1) is 11.5. The zero-order valence-corrected chi connectivity index (χ0v) is 16.2. The highest BCUT2D eigenvalue weighted by atomic mass is 35.5. The third kappa shape index (κ3) is 4.41. The van der Waals surface area contributed by atoms with E-state index in [0.717, 1.165) is 30.7 Å². The van der Waals surface area contributed by atoms with Gasteiger partial charge in [0.1, 0.15) is 4.21 Å². The van der Waals surface area contributed by atoms with Gasteiger partial charge in [-0.25, -0.2) is 8.42 Å². The van der Waals surface area contributed by atoms with E-state index in [9.17, 15) is 13.2 Å². The summed E-state index contributed by atoms with van der Waals surface area (Å²) in [7, 11) is -3.57. The number of benzene rings is 1. The van der Waals surface area contributed by atoms with Crippen molar-refractivity contribution in [1.82, 2.24) is 10.6 Å². The van der Waals surface area contributed by atoms with Gasteiger partial charge in [-0.1, -0.05) is 18.2 Å². The first kappa shape index (κ1) is 19.9. The molecule has 0 spiro atoms. The molecule has 0 aliphatic carbocycles. The number of piperidine rings is 1. The summed E-state index contributed by atoms with van der Waals surface area (Å²) in [4.78, 5) is 13.1. The summed E-state index contributed by atoms with van der Waals surface area (Å²) in [6.07, 6.45) is 1.95. The fraction of sp³-hybridized carbons (Fsp3) is 0.353. The maximum Gasteiger partial charge on any atom is 0.261 e. The first-order valence-electron chi connectivity index (χ1n) is 7.93. The highest BCUT2D eigenvalue weighted by molar-refractivity contribution is 7.93. The van der Waals surface area contributed by atoms with Crippen LogP contribution in [0.5, 0.6) is 0 Å². The van der Waals surface area contributed by atoms with Crippen LogP contribution in [0.1, 0.15) is 29.4 Å². The predicted molar refractivity (Wildman–Crippen MR) is 101 cm³/mol. The van der Waals surface area contributed by atoms with Crippen LogP contribution in [0.25, 0.3) is 0 Å². The fourth-order valence-corrected chi connectivity index (χ4v) is 5.42. The topological polar surface area (TPSA) is 75.3 Å². The summed E-state index contributed by atoms with van der Waals surface area (Å²) < 4.78 is 25.3. The summed E-state index contributed by atoms with van der Waals surface area (Å²) >= 11 is 1.01. The van der Waals surface area contributed by atoms with Crippen LogP contribution >= 0.6 is 23.7 Å². The summed E-state index contributed by atoms with van der Waals surface area (Å²) in [6, 6.07) is 11.6. The number of carbonyl (C=O) groups is 1. The van der Waals surface area contributed by atoms with Crippen molar-refractivity contribution in [2.75, 3.05) is 6.54 Å². The Morgan fingerprint density at radius 1 is 1.20 bits per heavy atom. The number of rotatable bonds is 4. The molecule has 2 aromatic rings. The molecule has 3 rings (SSSR count). The van der Waals surface area contributed by atoms with E-state index >= 15 is 0 Å². The van der Waals surface area contributed by atoms with Gasteiger partial charge in [0.15, 0.2) is 0 Å². The Morgan fingerprint density at radius 2 is 1.92 bits per heavy atom. The monoisotopic (exact) mass is 400 g/mol. The second-order valence-corrected chi connectivity index (χ2v) is 9.16. The van der Waals surface area contributed by atoms with Gasteiger partial charge < -0.3 is 10.6 Å². The van der Waals surface area contributed by atoms with Crippen molar-refractivity contribution in [1.29, 1.82) is 0 Å². The minimum Gasteiger partial charge on any atom is -0.347 e. The number of nitrogens with one attached hydrogen (secondary N) is 2. The molecule has 2 heterocycles. The van der Waals surface area contributed by atoms with Crippen LogP contribution in [-0.4, -0.2) is 33.0 Å². The van der Waals surface area contributed by atoms with Gasteiger partial charge in [-0.05, 0) is 50.6 Å². The average molecular weight is 401 g/mol. The zero-order valence-electron chi connectivity index (χ0n) is 13.8. The van der Waals surface area contributed by atoms with Crippen molar-refractivity contribution in [3.05, 3.63) is 47.3 Å². The third-order valence-corrected chi connectivity index (χ3v) is 7.55. The van der Waals surface area contributed by atoms with Crippen molar-refractivity contribution >= 4 is 39.5 Å². The summed E-state index contributed by atoms with van der Waals surface area (Å²) in [6.45, 7) is 3.01. The van der Waals surface area contributed by atoms with Crippen molar-refractivity contribution in [3.63, 3.8) is 0 Å². The van der Waals surface area contributed by atoms with E-state index in [2.05, 4.69) is 10.6 Å². The molecule has 1 aromatic carbocycles. The van der Waals surface area contributed by atoms with Crippen LogP contribution in [0, 0.1) is 0 Å². The lowest BCUT2D eigenvalue weighted by molar-refractivity contribution is 0.0924. The lowest BCUT2D eigenvalue weighted by Crippen LogP contribution is -2.51. The van der Waals surface area contributed by atoms with E-state index in [1.807, 2.05) is 6.92 Å². The zero-order chi connectivity index (χ0) is 17.2. The van der Waals surface area contributed by atoms with Crippen LogP contribution in [0.3, 0.4) is 0 Å². The molecule has 25 heavy (non-hydrogen) atoms. The number of sulfone groups is 1. The predicted octanol–water partition coefficient (Wildman–Crippen LogP) is 2.87. The third-order valence-electron chi connectivity index (χ3n) is 4.20. The molecule has 5 nitrogen and oxygen atoms in total. The summed E-state index contributed by atoms with van der Waals surface area (Å²) in [5.74, 6) is -0.213. The number of halogens is 1. The smallest absolute Gasteiger partial charge is 0.261 e. The van der Waals surface area contributed by atoms with Crippen LogP contribution in [0.4, 0.5) is 0 Å². The molecule has 1 fully saturated rings. The number of amides is 1. The SMILES string of the molecule is CC1NCCCC1NC(=O)c1ccc(S(=O)(=O)c2ccccc2)s1.Cl. The molecule has 2 atom stereocenters. The first-order valence-corrected chi connectivity index (χ1v) is 10.2. The van der Waals surface area contributed by atoms with E-state index in [1.54, 1.807) is 36.4 Å². The summed E-state index contributed by atoms with van der Waals surface area (Å²) in [5, 5.41) is 6.34. The molecular weight excluding hydrogens is 380 g/mol. The van der Waals surface area contributed by atoms with Crippen molar-refractivity contribution in [2.24, 2.45) is 0 Å². The van der Waals surface area contributed by atoms with E-state index in [1.165, 1.54) is 6.07 Å². The standard InChI is InChI=1S/C17H20N2O3S2.ClH/c1-12-14(8-5-11-18-12)19-17(20)15-9-10-16(23-15)24(21,22)13-6-3-2-4-7-13;/h2-4,6-7,9-10,12,14,18H,5,8,11H2,1H3,(H,19,20);1H. The van der Waals surface area contributed by atoms with Gasteiger partial charge in [0.25, 0.3) is 5.91 Å². The number of thiophene rings is 1.